The molecule has 0 radical (unpaired) electrons. The Morgan fingerprint density at radius 1 is 0.841 bits per heavy atom. The summed E-state index contributed by atoms with van der Waals surface area (Å²) >= 11 is 9.94. The highest BCUT2D eigenvalue weighted by atomic mass is 79.9. The SMILES string of the molecule is CC(C)(C)NC(=O)[C@@H](Cc1ccccc1)N(Cc1ccccc1Cl)C(=O)CN(c1ccc(Br)cc1)S(=O)(=O)c1ccccc1. The first kappa shape index (κ1) is 33.2. The molecule has 0 saturated heterocycles. The van der Waals surface area contributed by atoms with Crippen molar-refractivity contribution in [3.63, 3.8) is 0 Å². The van der Waals surface area contributed by atoms with Gasteiger partial charge in [0.25, 0.3) is 10.0 Å². The Labute approximate surface area is 273 Å². The maximum Gasteiger partial charge on any atom is 0.264 e. The van der Waals surface area contributed by atoms with Gasteiger partial charge < -0.3 is 10.2 Å². The highest BCUT2D eigenvalue weighted by molar-refractivity contribution is 9.10. The molecule has 0 aliphatic carbocycles. The second kappa shape index (κ2) is 14.4. The van der Waals surface area contributed by atoms with E-state index in [0.717, 1.165) is 14.3 Å². The van der Waals surface area contributed by atoms with Gasteiger partial charge in [0, 0.05) is 28.0 Å². The molecule has 0 bridgehead atoms. The van der Waals surface area contributed by atoms with Gasteiger partial charge in [-0.15, -0.1) is 0 Å². The molecule has 10 heteroatoms. The summed E-state index contributed by atoms with van der Waals surface area (Å²) in [6, 6.07) is 30.2. The first-order valence-electron chi connectivity index (χ1n) is 14.1. The smallest absolute Gasteiger partial charge is 0.264 e. The molecular formula is C34H35BrClN3O4S. The average Bonchev–Trinajstić information content (AvgIpc) is 2.99. The minimum Gasteiger partial charge on any atom is -0.350 e. The van der Waals surface area contributed by atoms with E-state index in [1.807, 2.05) is 51.1 Å². The van der Waals surface area contributed by atoms with E-state index in [9.17, 15) is 18.0 Å². The molecule has 0 unspecified atom stereocenters. The lowest BCUT2D eigenvalue weighted by Crippen LogP contribution is -2.56. The van der Waals surface area contributed by atoms with Crippen molar-refractivity contribution in [1.29, 1.82) is 0 Å². The van der Waals surface area contributed by atoms with Crippen LogP contribution in [0.5, 0.6) is 0 Å². The van der Waals surface area contributed by atoms with Gasteiger partial charge in [-0.05, 0) is 74.4 Å². The Morgan fingerprint density at radius 3 is 2.00 bits per heavy atom. The number of nitrogens with one attached hydrogen (secondary N) is 1. The predicted octanol–water partition coefficient (Wildman–Crippen LogP) is 6.85. The summed E-state index contributed by atoms with van der Waals surface area (Å²) in [5, 5.41) is 3.45. The molecule has 4 aromatic rings. The molecule has 0 spiro atoms. The molecule has 0 aromatic heterocycles. The molecule has 0 heterocycles. The van der Waals surface area contributed by atoms with Gasteiger partial charge in [0.1, 0.15) is 12.6 Å². The first-order chi connectivity index (χ1) is 20.8. The van der Waals surface area contributed by atoms with Crippen molar-refractivity contribution in [2.24, 2.45) is 0 Å². The van der Waals surface area contributed by atoms with Gasteiger partial charge in [-0.25, -0.2) is 8.42 Å². The highest BCUT2D eigenvalue weighted by Crippen LogP contribution is 2.27. The molecule has 0 saturated carbocycles. The summed E-state index contributed by atoms with van der Waals surface area (Å²) in [5.74, 6) is -0.916. The molecule has 1 atom stereocenters. The topological polar surface area (TPSA) is 86.8 Å². The number of nitrogens with zero attached hydrogens (tertiary/aromatic N) is 2. The fourth-order valence-electron chi connectivity index (χ4n) is 4.67. The fraction of sp³-hybridized carbons (Fsp3) is 0.235. The monoisotopic (exact) mass is 695 g/mol. The summed E-state index contributed by atoms with van der Waals surface area (Å²) in [7, 11) is -4.17. The van der Waals surface area contributed by atoms with Crippen LogP contribution in [0, 0.1) is 0 Å². The molecular weight excluding hydrogens is 662 g/mol. The van der Waals surface area contributed by atoms with Crippen LogP contribution in [-0.4, -0.2) is 43.3 Å². The van der Waals surface area contributed by atoms with Gasteiger partial charge in [-0.3, -0.25) is 13.9 Å². The summed E-state index contributed by atoms with van der Waals surface area (Å²) in [5.41, 5.74) is 1.21. The number of carbonyl (C=O) groups is 2. The van der Waals surface area contributed by atoms with E-state index >= 15 is 0 Å². The quantitative estimate of drug-likeness (QED) is 0.186. The van der Waals surface area contributed by atoms with Crippen LogP contribution in [0.1, 0.15) is 31.9 Å². The molecule has 44 heavy (non-hydrogen) atoms. The van der Waals surface area contributed by atoms with Crippen molar-refractivity contribution < 1.29 is 18.0 Å². The van der Waals surface area contributed by atoms with Crippen molar-refractivity contribution in [2.75, 3.05) is 10.8 Å². The molecule has 4 aromatic carbocycles. The number of hydrogen-bond acceptors (Lipinski definition) is 4. The largest absolute Gasteiger partial charge is 0.350 e. The number of rotatable bonds is 11. The van der Waals surface area contributed by atoms with Crippen LogP contribution in [0.2, 0.25) is 5.02 Å². The number of anilines is 1. The third-order valence-corrected chi connectivity index (χ3v) is 9.48. The van der Waals surface area contributed by atoms with E-state index in [1.54, 1.807) is 66.7 Å². The van der Waals surface area contributed by atoms with E-state index in [0.29, 0.717) is 16.3 Å². The number of sulfonamides is 1. The number of carbonyl (C=O) groups excluding carboxylic acids is 2. The normalized spacial score (nSPS) is 12.3. The van der Waals surface area contributed by atoms with Gasteiger partial charge in [-0.1, -0.05) is 94.3 Å². The fourth-order valence-corrected chi connectivity index (χ4v) is 6.57. The molecule has 0 aliphatic rings. The number of benzene rings is 4. The van der Waals surface area contributed by atoms with Crippen molar-refractivity contribution in [3.8, 4) is 0 Å². The zero-order valence-electron chi connectivity index (χ0n) is 24.8. The Bertz CT molecular complexity index is 1680. The van der Waals surface area contributed by atoms with Crippen LogP contribution in [0.15, 0.2) is 119 Å². The van der Waals surface area contributed by atoms with Crippen molar-refractivity contribution in [3.05, 3.63) is 130 Å². The Hall–Kier alpha value is -3.66. The molecule has 1 N–H and O–H groups in total. The summed E-state index contributed by atoms with van der Waals surface area (Å²) in [6.45, 7) is 5.05. The van der Waals surface area contributed by atoms with Crippen LogP contribution in [-0.2, 0) is 32.6 Å². The third kappa shape index (κ3) is 8.71. The minimum absolute atomic E-state index is 0.00681. The predicted molar refractivity (Wildman–Crippen MR) is 179 cm³/mol. The maximum atomic E-state index is 14.5. The third-order valence-electron chi connectivity index (χ3n) is 6.79. The zero-order valence-corrected chi connectivity index (χ0v) is 27.9. The van der Waals surface area contributed by atoms with Gasteiger partial charge in [0.15, 0.2) is 0 Å². The van der Waals surface area contributed by atoms with Crippen molar-refractivity contribution in [2.45, 2.75) is 50.2 Å². The Kier molecular flexibility index (Phi) is 10.9. The number of halogens is 2. The average molecular weight is 697 g/mol. The van der Waals surface area contributed by atoms with Gasteiger partial charge in [0.2, 0.25) is 11.8 Å². The van der Waals surface area contributed by atoms with Gasteiger partial charge in [0.05, 0.1) is 10.6 Å². The lowest BCUT2D eigenvalue weighted by Gasteiger charge is -2.35. The maximum absolute atomic E-state index is 14.5. The van der Waals surface area contributed by atoms with Gasteiger partial charge >= 0.3 is 0 Å². The van der Waals surface area contributed by atoms with E-state index in [1.165, 1.54) is 17.0 Å². The van der Waals surface area contributed by atoms with Crippen LogP contribution in [0.4, 0.5) is 5.69 Å². The summed E-state index contributed by atoms with van der Waals surface area (Å²) < 4.78 is 29.9. The lowest BCUT2D eigenvalue weighted by atomic mass is 10.0. The Morgan fingerprint density at radius 2 is 1.41 bits per heavy atom. The van der Waals surface area contributed by atoms with E-state index in [-0.39, 0.29) is 23.8 Å². The van der Waals surface area contributed by atoms with Crippen LogP contribution < -0.4 is 9.62 Å². The highest BCUT2D eigenvalue weighted by Gasteiger charge is 2.35. The van der Waals surface area contributed by atoms with E-state index < -0.39 is 34.1 Å². The van der Waals surface area contributed by atoms with Crippen molar-refractivity contribution in [1.82, 2.24) is 10.2 Å². The molecule has 0 fully saturated rings. The van der Waals surface area contributed by atoms with Crippen molar-refractivity contribution >= 4 is 55.1 Å². The second-order valence-electron chi connectivity index (χ2n) is 11.4. The molecule has 230 valence electrons. The van der Waals surface area contributed by atoms with Crippen LogP contribution in [0.3, 0.4) is 0 Å². The molecule has 2 amide bonds. The van der Waals surface area contributed by atoms with Crippen LogP contribution >= 0.6 is 27.5 Å². The van der Waals surface area contributed by atoms with E-state index in [2.05, 4.69) is 21.2 Å². The molecule has 7 nitrogen and oxygen atoms in total. The minimum atomic E-state index is -4.17. The first-order valence-corrected chi connectivity index (χ1v) is 16.7. The molecule has 4 rings (SSSR count). The second-order valence-corrected chi connectivity index (χ2v) is 14.5. The lowest BCUT2D eigenvalue weighted by molar-refractivity contribution is -0.140. The Balaban J connectivity index is 1.82. The standard InChI is InChI=1S/C34H35BrClN3O4S/c1-34(2,3)37-33(41)31(22-25-12-6-4-7-13-25)38(23-26-14-10-11-17-30(26)36)32(40)24-39(28-20-18-27(35)19-21-28)44(42,43)29-15-8-5-9-16-29/h4-21,31H,22-24H2,1-3H3,(H,37,41)/t31-/m1/s1. The zero-order chi connectivity index (χ0) is 31.9. The van der Waals surface area contributed by atoms with Gasteiger partial charge in [-0.2, -0.15) is 0 Å². The van der Waals surface area contributed by atoms with Crippen LogP contribution in [0.25, 0.3) is 0 Å². The number of amides is 2. The van der Waals surface area contributed by atoms with E-state index in [4.69, 9.17) is 11.6 Å². The summed E-state index contributed by atoms with van der Waals surface area (Å²) in [4.78, 5) is 29.9. The molecule has 0 aliphatic heterocycles. The summed E-state index contributed by atoms with van der Waals surface area (Å²) in [6.07, 6.45) is 0.211. The number of hydrogen-bond donors (Lipinski definition) is 1.